The highest BCUT2D eigenvalue weighted by atomic mass is 16.1. The van der Waals surface area contributed by atoms with Crippen molar-refractivity contribution in [2.75, 3.05) is 6.54 Å². The normalized spacial score (nSPS) is 32.4. The Hall–Kier alpha value is -1.16. The van der Waals surface area contributed by atoms with Crippen LogP contribution < -0.4 is 5.56 Å². The summed E-state index contributed by atoms with van der Waals surface area (Å²) in [5.41, 5.74) is 3.27. The molecule has 2 aliphatic carbocycles. The Kier molecular flexibility index (Phi) is 3.87. The van der Waals surface area contributed by atoms with E-state index in [-0.39, 0.29) is 5.56 Å². The van der Waals surface area contributed by atoms with Gasteiger partial charge < -0.3 is 0 Å². The van der Waals surface area contributed by atoms with Crippen LogP contribution in [-0.2, 0) is 19.5 Å². The van der Waals surface area contributed by atoms with Gasteiger partial charge in [0.25, 0.3) is 5.56 Å². The molecular weight excluding hydrogens is 298 g/mol. The Labute approximate surface area is 145 Å². The third-order valence-electron chi connectivity index (χ3n) is 6.36. The van der Waals surface area contributed by atoms with Gasteiger partial charge >= 0.3 is 0 Å². The van der Waals surface area contributed by atoms with Crippen molar-refractivity contribution in [2.24, 2.45) is 10.8 Å². The minimum Gasteiger partial charge on any atom is -0.281 e. The van der Waals surface area contributed by atoms with Crippen LogP contribution in [0.2, 0.25) is 0 Å². The van der Waals surface area contributed by atoms with Gasteiger partial charge in [0, 0.05) is 18.7 Å². The zero-order valence-electron chi connectivity index (χ0n) is 15.5. The first kappa shape index (κ1) is 16.3. The van der Waals surface area contributed by atoms with Crippen LogP contribution in [0.25, 0.3) is 0 Å². The number of aryl methyl sites for hydroxylation is 2. The fraction of sp³-hybridized carbons (Fsp3) is 0.800. The molecule has 2 heterocycles. The van der Waals surface area contributed by atoms with E-state index in [9.17, 15) is 4.79 Å². The van der Waals surface area contributed by atoms with Crippen LogP contribution in [0.4, 0.5) is 0 Å². The molecule has 3 aliphatic rings. The van der Waals surface area contributed by atoms with Gasteiger partial charge in [-0.1, -0.05) is 27.2 Å². The van der Waals surface area contributed by atoms with Gasteiger partial charge in [0.1, 0.15) is 0 Å². The van der Waals surface area contributed by atoms with E-state index in [1.807, 2.05) is 6.07 Å². The highest BCUT2D eigenvalue weighted by Crippen LogP contribution is 2.52. The molecular formula is C20H31N3O. The molecule has 0 radical (unpaired) electrons. The van der Waals surface area contributed by atoms with Gasteiger partial charge in [-0.2, -0.15) is 5.10 Å². The van der Waals surface area contributed by atoms with Crippen molar-refractivity contribution in [3.8, 4) is 0 Å². The van der Waals surface area contributed by atoms with Crippen LogP contribution in [0.15, 0.2) is 10.9 Å². The fourth-order valence-electron chi connectivity index (χ4n) is 5.79. The van der Waals surface area contributed by atoms with Crippen molar-refractivity contribution in [3.63, 3.8) is 0 Å². The zero-order chi connectivity index (χ0) is 16.9. The number of hydrogen-bond donors (Lipinski definition) is 0. The lowest BCUT2D eigenvalue weighted by molar-refractivity contribution is 0.119. The van der Waals surface area contributed by atoms with Crippen molar-refractivity contribution in [3.05, 3.63) is 27.7 Å². The highest BCUT2D eigenvalue weighted by Gasteiger charge is 2.49. The third kappa shape index (κ3) is 3.05. The first-order chi connectivity index (χ1) is 11.3. The van der Waals surface area contributed by atoms with Crippen LogP contribution in [0.1, 0.15) is 70.6 Å². The predicted molar refractivity (Wildman–Crippen MR) is 96.0 cm³/mol. The van der Waals surface area contributed by atoms with Crippen molar-refractivity contribution in [1.29, 1.82) is 0 Å². The second-order valence-corrected chi connectivity index (χ2v) is 9.62. The van der Waals surface area contributed by atoms with Crippen molar-refractivity contribution in [1.82, 2.24) is 14.7 Å². The molecule has 2 fully saturated rings. The predicted octanol–water partition coefficient (Wildman–Crippen LogP) is 3.37. The number of nitrogens with zero attached hydrogens (tertiary/aromatic N) is 3. The van der Waals surface area contributed by atoms with Crippen molar-refractivity contribution >= 4 is 0 Å². The highest BCUT2D eigenvalue weighted by molar-refractivity contribution is 5.19. The van der Waals surface area contributed by atoms with Gasteiger partial charge in [0.2, 0.25) is 0 Å². The van der Waals surface area contributed by atoms with E-state index in [4.69, 9.17) is 5.10 Å². The van der Waals surface area contributed by atoms with E-state index in [0.717, 1.165) is 19.4 Å². The monoisotopic (exact) mass is 329 g/mol. The summed E-state index contributed by atoms with van der Waals surface area (Å²) < 4.78 is 1.74. The molecule has 24 heavy (non-hydrogen) atoms. The summed E-state index contributed by atoms with van der Waals surface area (Å²) in [4.78, 5) is 15.1. The average molecular weight is 329 g/mol. The van der Waals surface area contributed by atoms with Crippen LogP contribution in [-0.4, -0.2) is 27.3 Å². The Morgan fingerprint density at radius 2 is 1.96 bits per heavy atom. The summed E-state index contributed by atoms with van der Waals surface area (Å²) in [6.07, 6.45) is 9.52. The Morgan fingerprint density at radius 1 is 1.17 bits per heavy atom. The zero-order valence-corrected chi connectivity index (χ0v) is 15.5. The number of fused-ring (bicyclic) bond motifs is 3. The molecule has 0 spiro atoms. The van der Waals surface area contributed by atoms with E-state index in [1.165, 1.54) is 49.8 Å². The summed E-state index contributed by atoms with van der Waals surface area (Å²) in [5.74, 6) is 0. The smallest absolute Gasteiger partial charge is 0.268 e. The number of likely N-dealkylation sites (tertiary alicyclic amines) is 1. The summed E-state index contributed by atoms with van der Waals surface area (Å²) in [5, 5.41) is 4.77. The summed E-state index contributed by atoms with van der Waals surface area (Å²) in [6, 6.07) is 2.47. The second kappa shape index (κ2) is 5.69. The molecule has 1 aliphatic heterocycles. The second-order valence-electron chi connectivity index (χ2n) is 9.62. The first-order valence-corrected chi connectivity index (χ1v) is 9.68. The van der Waals surface area contributed by atoms with Gasteiger partial charge in [0.15, 0.2) is 0 Å². The standard InChI is InChI=1S/C20H31N3O/c1-19(2)10-16-11-20(3,12-19)13-22(16)14-23-18(24)9-15-7-5-4-6-8-17(15)21-23/h9,16H,4-8,10-14H2,1-3H3/t16-,20+/m1/s1. The van der Waals surface area contributed by atoms with E-state index in [1.54, 1.807) is 4.68 Å². The molecule has 0 unspecified atom stereocenters. The minimum atomic E-state index is 0.0847. The lowest BCUT2D eigenvalue weighted by atomic mass is 9.65. The Bertz CT molecular complexity index is 693. The third-order valence-corrected chi connectivity index (χ3v) is 6.36. The molecule has 1 saturated heterocycles. The lowest BCUT2D eigenvalue weighted by Crippen LogP contribution is -2.38. The van der Waals surface area contributed by atoms with Gasteiger partial charge in [-0.25, -0.2) is 4.68 Å². The van der Waals surface area contributed by atoms with Crippen LogP contribution >= 0.6 is 0 Å². The molecule has 1 saturated carbocycles. The molecule has 0 amide bonds. The van der Waals surface area contributed by atoms with E-state index < -0.39 is 0 Å². The maximum atomic E-state index is 12.6. The lowest BCUT2D eigenvalue weighted by Gasteiger charge is -2.39. The van der Waals surface area contributed by atoms with E-state index >= 15 is 0 Å². The SMILES string of the molecule is CC1(C)C[C@@H]2C[C@](C)(CN2Cn2nc3c(cc2=O)CCCCC3)C1. The molecule has 0 N–H and O–H groups in total. The summed E-state index contributed by atoms with van der Waals surface area (Å²) >= 11 is 0. The van der Waals surface area contributed by atoms with Gasteiger partial charge in [-0.15, -0.1) is 0 Å². The molecule has 0 aromatic carbocycles. The number of rotatable bonds is 2. The van der Waals surface area contributed by atoms with E-state index in [0.29, 0.717) is 23.5 Å². The van der Waals surface area contributed by atoms with Crippen LogP contribution in [0.5, 0.6) is 0 Å². The van der Waals surface area contributed by atoms with Crippen LogP contribution in [0, 0.1) is 10.8 Å². The fourth-order valence-corrected chi connectivity index (χ4v) is 5.79. The summed E-state index contributed by atoms with van der Waals surface area (Å²) in [7, 11) is 0. The van der Waals surface area contributed by atoms with Crippen molar-refractivity contribution < 1.29 is 0 Å². The maximum absolute atomic E-state index is 12.6. The van der Waals surface area contributed by atoms with Gasteiger partial charge in [-0.05, 0) is 61.3 Å². The Balaban J connectivity index is 1.58. The topological polar surface area (TPSA) is 38.1 Å². The molecule has 132 valence electrons. The van der Waals surface area contributed by atoms with Gasteiger partial charge in [-0.3, -0.25) is 9.69 Å². The molecule has 1 aromatic heterocycles. The molecule has 2 atom stereocenters. The largest absolute Gasteiger partial charge is 0.281 e. The Morgan fingerprint density at radius 3 is 2.79 bits per heavy atom. The molecule has 1 aromatic rings. The van der Waals surface area contributed by atoms with Crippen LogP contribution in [0.3, 0.4) is 0 Å². The molecule has 4 heteroatoms. The van der Waals surface area contributed by atoms with Gasteiger partial charge in [0.05, 0.1) is 12.4 Å². The molecule has 4 nitrogen and oxygen atoms in total. The number of hydrogen-bond acceptors (Lipinski definition) is 3. The van der Waals surface area contributed by atoms with E-state index in [2.05, 4.69) is 25.7 Å². The first-order valence-electron chi connectivity index (χ1n) is 9.68. The van der Waals surface area contributed by atoms with Crippen molar-refractivity contribution in [2.45, 2.75) is 84.8 Å². The minimum absolute atomic E-state index is 0.0847. The summed E-state index contributed by atoms with van der Waals surface area (Å²) in [6.45, 7) is 8.99. The number of aromatic nitrogens is 2. The average Bonchev–Trinajstić information content (AvgIpc) is 2.62. The maximum Gasteiger partial charge on any atom is 0.268 e. The quantitative estimate of drug-likeness (QED) is 0.781. The molecule has 2 bridgehead atoms. The molecule has 4 rings (SSSR count).